The number of pyridine rings is 1. The molecular weight excluding hydrogens is 462 g/mol. The van der Waals surface area contributed by atoms with Gasteiger partial charge >= 0.3 is 0 Å². The van der Waals surface area contributed by atoms with Gasteiger partial charge in [0.05, 0.1) is 42.8 Å². The number of rotatable bonds is 6. The van der Waals surface area contributed by atoms with Gasteiger partial charge in [0.25, 0.3) is 5.91 Å². The van der Waals surface area contributed by atoms with Crippen molar-refractivity contribution >= 4 is 28.4 Å². The third kappa shape index (κ3) is 3.71. The second kappa shape index (κ2) is 9.16. The van der Waals surface area contributed by atoms with Crippen molar-refractivity contribution in [2.75, 3.05) is 32.7 Å². The Morgan fingerprint density at radius 3 is 2.92 bits per heavy atom. The monoisotopic (exact) mass is 491 g/mol. The number of aliphatic hydroxyl groups excluding tert-OH is 1. The van der Waals surface area contributed by atoms with Crippen LogP contribution in [0.25, 0.3) is 27.9 Å². The van der Waals surface area contributed by atoms with Gasteiger partial charge in [-0.25, -0.2) is 9.97 Å². The highest BCUT2D eigenvalue weighted by Crippen LogP contribution is 2.35. The SMILES string of the molecule is CNc1cc(-c2cn([C@H]3CCOC[C@@H]3O)c3ncccc23)nc2c(C(=O)N[C@H]3CC[C@@H]3OC)cnn12. The molecular formula is C25H29N7O4. The summed E-state index contributed by atoms with van der Waals surface area (Å²) >= 11 is 0. The number of aliphatic hydroxyl groups is 1. The van der Waals surface area contributed by atoms with E-state index in [1.165, 1.54) is 0 Å². The van der Waals surface area contributed by atoms with Crippen molar-refractivity contribution in [3.8, 4) is 11.3 Å². The van der Waals surface area contributed by atoms with E-state index < -0.39 is 6.10 Å². The van der Waals surface area contributed by atoms with Gasteiger partial charge in [-0.05, 0) is 31.4 Å². The average Bonchev–Trinajstić information content (AvgIpc) is 3.49. The third-order valence-corrected chi connectivity index (χ3v) is 7.32. The van der Waals surface area contributed by atoms with Crippen molar-refractivity contribution in [3.05, 3.63) is 42.4 Å². The first-order valence-electron chi connectivity index (χ1n) is 12.2. The van der Waals surface area contributed by atoms with Crippen LogP contribution in [0.15, 0.2) is 36.8 Å². The number of nitrogens with one attached hydrogen (secondary N) is 2. The standard InChI is InChI=1S/C25H29N7O4/c1-26-22-10-18(29-24-15(11-28-32(22)24)25(34)30-17-5-6-21(17)35-2)16-12-31(19-7-9-36-13-20(19)33)23-14(16)4-3-8-27-23/h3-4,8,10-12,17,19-21,26,33H,5-7,9,13H2,1-2H3,(H,30,34)/t17-,19-,20-,21-/m0/s1. The Bertz CT molecular complexity index is 1430. The van der Waals surface area contributed by atoms with E-state index in [-0.39, 0.29) is 24.1 Å². The molecule has 11 heteroatoms. The minimum absolute atomic E-state index is 0.0145. The van der Waals surface area contributed by atoms with Crippen LogP contribution in [0.2, 0.25) is 0 Å². The molecule has 11 nitrogen and oxygen atoms in total. The molecule has 0 aromatic carbocycles. The van der Waals surface area contributed by atoms with E-state index in [4.69, 9.17) is 14.5 Å². The van der Waals surface area contributed by atoms with Gasteiger partial charge in [-0.1, -0.05) is 0 Å². The van der Waals surface area contributed by atoms with Crippen molar-refractivity contribution < 1.29 is 19.4 Å². The molecule has 188 valence electrons. The predicted molar refractivity (Wildman–Crippen MR) is 133 cm³/mol. The molecule has 3 N–H and O–H groups in total. The lowest BCUT2D eigenvalue weighted by molar-refractivity contribution is -0.0375. The zero-order chi connectivity index (χ0) is 24.8. The van der Waals surface area contributed by atoms with Crippen LogP contribution in [0.4, 0.5) is 5.82 Å². The number of nitrogens with zero attached hydrogens (tertiary/aromatic N) is 5. The molecule has 1 saturated carbocycles. The van der Waals surface area contributed by atoms with E-state index in [1.807, 2.05) is 29.0 Å². The summed E-state index contributed by atoms with van der Waals surface area (Å²) in [6, 6.07) is 5.62. The summed E-state index contributed by atoms with van der Waals surface area (Å²) in [6.07, 6.45) is 7.19. The van der Waals surface area contributed by atoms with Crippen molar-refractivity contribution in [1.82, 2.24) is 29.5 Å². The molecule has 2 aliphatic rings. The maximum absolute atomic E-state index is 13.2. The van der Waals surface area contributed by atoms with Crippen molar-refractivity contribution in [1.29, 1.82) is 0 Å². The Hall–Kier alpha value is -3.54. The topological polar surface area (TPSA) is 128 Å². The maximum atomic E-state index is 13.2. The van der Waals surface area contributed by atoms with Crippen LogP contribution in [-0.2, 0) is 9.47 Å². The van der Waals surface area contributed by atoms with Crippen LogP contribution in [0, 0.1) is 0 Å². The van der Waals surface area contributed by atoms with Gasteiger partial charge in [-0.3, -0.25) is 4.79 Å². The highest BCUT2D eigenvalue weighted by atomic mass is 16.5. The minimum atomic E-state index is -0.625. The fraction of sp³-hybridized carbons (Fsp3) is 0.440. The van der Waals surface area contributed by atoms with Crippen molar-refractivity contribution in [3.63, 3.8) is 0 Å². The second-order valence-electron chi connectivity index (χ2n) is 9.32. The predicted octanol–water partition coefficient (Wildman–Crippen LogP) is 2.02. The molecule has 4 aromatic rings. The van der Waals surface area contributed by atoms with Crippen LogP contribution in [0.5, 0.6) is 0 Å². The summed E-state index contributed by atoms with van der Waals surface area (Å²) in [5, 5.41) is 22.2. The molecule has 1 saturated heterocycles. The fourth-order valence-corrected chi connectivity index (χ4v) is 5.18. The molecule has 2 fully saturated rings. The molecule has 36 heavy (non-hydrogen) atoms. The van der Waals surface area contributed by atoms with Gasteiger partial charge in [0.1, 0.15) is 17.0 Å². The lowest BCUT2D eigenvalue weighted by Crippen LogP contribution is -2.51. The molecule has 4 atom stereocenters. The Morgan fingerprint density at radius 1 is 1.28 bits per heavy atom. The lowest BCUT2D eigenvalue weighted by Gasteiger charge is -2.35. The minimum Gasteiger partial charge on any atom is -0.389 e. The average molecular weight is 492 g/mol. The van der Waals surface area contributed by atoms with Crippen molar-refractivity contribution in [2.24, 2.45) is 0 Å². The maximum Gasteiger partial charge on any atom is 0.257 e. The van der Waals surface area contributed by atoms with Crippen LogP contribution in [0.1, 0.15) is 35.7 Å². The number of carbonyl (C=O) groups is 1. The van der Waals surface area contributed by atoms with Gasteiger partial charge in [-0.2, -0.15) is 9.61 Å². The highest BCUT2D eigenvalue weighted by molar-refractivity contribution is 6.01. The van der Waals surface area contributed by atoms with Gasteiger partial charge in [0.2, 0.25) is 0 Å². The Morgan fingerprint density at radius 2 is 2.17 bits per heavy atom. The zero-order valence-corrected chi connectivity index (χ0v) is 20.2. The Kier molecular flexibility index (Phi) is 5.82. The Labute approximate surface area is 207 Å². The molecule has 0 radical (unpaired) electrons. The summed E-state index contributed by atoms with van der Waals surface area (Å²) in [6.45, 7) is 0.872. The zero-order valence-electron chi connectivity index (χ0n) is 20.2. The molecule has 1 aliphatic heterocycles. The number of hydrogen-bond donors (Lipinski definition) is 3. The van der Waals surface area contributed by atoms with E-state index in [1.54, 1.807) is 31.1 Å². The summed E-state index contributed by atoms with van der Waals surface area (Å²) in [5.74, 6) is 0.473. The van der Waals surface area contributed by atoms with Crippen LogP contribution in [-0.4, -0.2) is 80.8 Å². The first-order valence-corrected chi connectivity index (χ1v) is 12.2. The number of anilines is 1. The number of methoxy groups -OCH3 is 1. The quantitative estimate of drug-likeness (QED) is 0.374. The molecule has 1 amide bonds. The number of carbonyl (C=O) groups excluding carboxylic acids is 1. The van der Waals surface area contributed by atoms with Crippen LogP contribution < -0.4 is 10.6 Å². The highest BCUT2D eigenvalue weighted by Gasteiger charge is 2.33. The smallest absolute Gasteiger partial charge is 0.257 e. The van der Waals surface area contributed by atoms with Gasteiger partial charge in [0, 0.05) is 50.2 Å². The molecule has 6 rings (SSSR count). The van der Waals surface area contributed by atoms with Crippen molar-refractivity contribution in [2.45, 2.75) is 43.6 Å². The van der Waals surface area contributed by atoms with E-state index in [0.717, 1.165) is 29.4 Å². The normalized spacial score (nSPS) is 24.1. The van der Waals surface area contributed by atoms with E-state index in [2.05, 4.69) is 20.7 Å². The van der Waals surface area contributed by atoms with Gasteiger partial charge < -0.3 is 29.8 Å². The lowest BCUT2D eigenvalue weighted by atomic mass is 9.89. The van der Waals surface area contributed by atoms with Crippen LogP contribution in [0.3, 0.4) is 0 Å². The van der Waals surface area contributed by atoms with Crippen LogP contribution >= 0.6 is 0 Å². The third-order valence-electron chi connectivity index (χ3n) is 7.32. The Balaban J connectivity index is 1.45. The number of amides is 1. The number of fused-ring (bicyclic) bond motifs is 2. The summed E-state index contributed by atoms with van der Waals surface area (Å²) in [4.78, 5) is 22.7. The van der Waals surface area contributed by atoms with E-state index >= 15 is 0 Å². The largest absolute Gasteiger partial charge is 0.389 e. The summed E-state index contributed by atoms with van der Waals surface area (Å²) in [5.41, 5.74) is 3.17. The summed E-state index contributed by atoms with van der Waals surface area (Å²) in [7, 11) is 3.47. The molecule has 0 spiro atoms. The second-order valence-corrected chi connectivity index (χ2v) is 9.32. The molecule has 4 aromatic heterocycles. The first-order chi connectivity index (χ1) is 17.6. The molecule has 5 heterocycles. The van der Waals surface area contributed by atoms with Gasteiger partial charge in [0.15, 0.2) is 5.65 Å². The number of hydrogen-bond acceptors (Lipinski definition) is 8. The van der Waals surface area contributed by atoms with E-state index in [0.29, 0.717) is 42.4 Å². The first kappa shape index (κ1) is 22.9. The summed E-state index contributed by atoms with van der Waals surface area (Å²) < 4.78 is 14.5. The molecule has 0 bridgehead atoms. The fourth-order valence-electron chi connectivity index (χ4n) is 5.18. The molecule has 0 unspecified atom stereocenters. The number of ether oxygens (including phenoxy) is 2. The number of aromatic nitrogens is 5. The van der Waals surface area contributed by atoms with Gasteiger partial charge in [-0.15, -0.1) is 0 Å². The molecule has 1 aliphatic carbocycles. The van der Waals surface area contributed by atoms with E-state index in [9.17, 15) is 9.90 Å².